The number of carbonyl (C=O) groups excluding carboxylic acids is 2. The van der Waals surface area contributed by atoms with Gasteiger partial charge in [0.25, 0.3) is 0 Å². The summed E-state index contributed by atoms with van der Waals surface area (Å²) in [6.07, 6.45) is 1.10. The monoisotopic (exact) mass is 478 g/mol. The number of rotatable bonds is 8. The number of carboxylic acids is 1. The standard InChI is InChI=1S/C27H30N2O6/c1-26(35-14-23(30)31)15-29(16-26)24(32)27(2,17-11-12-17)28-25(33)34-13-22-20-9-5-3-7-18(20)19-8-4-6-10-21(19)22/h3-10,17,22H,11-16H2,1-2H3,(H,28,33)(H,30,31). The second-order valence-electron chi connectivity index (χ2n) is 10.2. The first-order valence-corrected chi connectivity index (χ1v) is 12.0. The highest BCUT2D eigenvalue weighted by Crippen LogP contribution is 2.45. The van der Waals surface area contributed by atoms with Crippen molar-refractivity contribution >= 4 is 18.0 Å². The van der Waals surface area contributed by atoms with Crippen LogP contribution in [0.4, 0.5) is 4.79 Å². The van der Waals surface area contributed by atoms with Gasteiger partial charge >= 0.3 is 12.1 Å². The molecular formula is C27H30N2O6. The summed E-state index contributed by atoms with van der Waals surface area (Å²) < 4.78 is 11.1. The normalized spacial score (nSPS) is 19.7. The molecule has 1 saturated carbocycles. The molecule has 1 saturated heterocycles. The number of nitrogens with zero attached hydrogens (tertiary/aromatic N) is 1. The van der Waals surface area contributed by atoms with Crippen molar-refractivity contribution in [3.05, 3.63) is 59.7 Å². The molecule has 1 aliphatic heterocycles. The molecule has 0 bridgehead atoms. The maximum atomic E-state index is 13.4. The van der Waals surface area contributed by atoms with Crippen LogP contribution in [0.3, 0.4) is 0 Å². The van der Waals surface area contributed by atoms with E-state index in [1.807, 2.05) is 24.3 Å². The number of amides is 2. The third-order valence-electron chi connectivity index (χ3n) is 7.43. The lowest BCUT2D eigenvalue weighted by atomic mass is 9.88. The van der Waals surface area contributed by atoms with E-state index in [4.69, 9.17) is 14.6 Å². The van der Waals surface area contributed by atoms with Crippen LogP contribution >= 0.6 is 0 Å². The molecule has 2 aromatic rings. The number of fused-ring (bicyclic) bond motifs is 3. The second-order valence-corrected chi connectivity index (χ2v) is 10.2. The molecule has 2 aromatic carbocycles. The van der Waals surface area contributed by atoms with E-state index in [9.17, 15) is 14.4 Å². The molecule has 3 aliphatic rings. The minimum Gasteiger partial charge on any atom is -0.480 e. The van der Waals surface area contributed by atoms with Gasteiger partial charge in [-0.3, -0.25) is 4.79 Å². The quantitative estimate of drug-likeness (QED) is 0.603. The zero-order chi connectivity index (χ0) is 24.8. The van der Waals surface area contributed by atoms with Crippen LogP contribution in [-0.4, -0.2) is 65.4 Å². The SMILES string of the molecule is CC1(OCC(=O)O)CN(C(=O)C(C)(NC(=O)OCC2c3ccccc3-c3ccccc32)C2CC2)C1. The van der Waals surface area contributed by atoms with Crippen molar-refractivity contribution in [2.75, 3.05) is 26.3 Å². The van der Waals surface area contributed by atoms with Gasteiger partial charge in [-0.25, -0.2) is 9.59 Å². The van der Waals surface area contributed by atoms with E-state index >= 15 is 0 Å². The predicted molar refractivity (Wildman–Crippen MR) is 128 cm³/mol. The van der Waals surface area contributed by atoms with Crippen LogP contribution in [0.15, 0.2) is 48.5 Å². The number of nitrogens with one attached hydrogen (secondary N) is 1. The second kappa shape index (κ2) is 8.68. The number of benzene rings is 2. The summed E-state index contributed by atoms with van der Waals surface area (Å²) in [5.41, 5.74) is 2.80. The van der Waals surface area contributed by atoms with Crippen LogP contribution in [0.1, 0.15) is 43.7 Å². The first-order chi connectivity index (χ1) is 16.7. The molecule has 1 atom stereocenters. The van der Waals surface area contributed by atoms with E-state index in [1.165, 1.54) is 0 Å². The lowest BCUT2D eigenvalue weighted by Crippen LogP contribution is -2.70. The maximum Gasteiger partial charge on any atom is 0.408 e. The lowest BCUT2D eigenvalue weighted by molar-refractivity contribution is -0.177. The van der Waals surface area contributed by atoms with E-state index in [-0.39, 0.29) is 37.4 Å². The number of carboxylic acid groups (broad SMARTS) is 1. The van der Waals surface area contributed by atoms with Gasteiger partial charge in [-0.05, 0) is 54.9 Å². The molecule has 2 N–H and O–H groups in total. The van der Waals surface area contributed by atoms with Gasteiger partial charge in [0, 0.05) is 5.92 Å². The molecule has 1 unspecified atom stereocenters. The molecule has 0 aromatic heterocycles. The molecule has 35 heavy (non-hydrogen) atoms. The fourth-order valence-electron chi connectivity index (χ4n) is 5.40. The highest BCUT2D eigenvalue weighted by molar-refractivity contribution is 5.91. The predicted octanol–water partition coefficient (Wildman–Crippen LogP) is 3.40. The van der Waals surface area contributed by atoms with Gasteiger partial charge in [0.1, 0.15) is 24.4 Å². The fourth-order valence-corrected chi connectivity index (χ4v) is 5.40. The fraction of sp³-hybridized carbons (Fsp3) is 0.444. The van der Waals surface area contributed by atoms with E-state index < -0.39 is 29.8 Å². The third kappa shape index (κ3) is 4.38. The Morgan fingerprint density at radius 2 is 1.63 bits per heavy atom. The maximum absolute atomic E-state index is 13.4. The van der Waals surface area contributed by atoms with Gasteiger partial charge in [-0.15, -0.1) is 0 Å². The summed E-state index contributed by atoms with van der Waals surface area (Å²) in [4.78, 5) is 38.7. The van der Waals surface area contributed by atoms with Gasteiger partial charge in [0.05, 0.1) is 13.1 Å². The van der Waals surface area contributed by atoms with E-state index in [2.05, 4.69) is 29.6 Å². The average Bonchev–Trinajstić information content (AvgIpc) is 3.63. The van der Waals surface area contributed by atoms with Gasteiger partial charge in [0.15, 0.2) is 0 Å². The Balaban J connectivity index is 1.23. The molecule has 5 rings (SSSR count). The Bertz CT molecular complexity index is 1120. The first-order valence-electron chi connectivity index (χ1n) is 12.0. The molecule has 2 amide bonds. The molecule has 184 valence electrons. The van der Waals surface area contributed by atoms with Gasteiger partial charge < -0.3 is 24.8 Å². The molecule has 1 heterocycles. The number of ether oxygens (including phenoxy) is 2. The molecule has 8 nitrogen and oxygen atoms in total. The van der Waals surface area contributed by atoms with E-state index in [0.717, 1.165) is 35.1 Å². The zero-order valence-corrected chi connectivity index (χ0v) is 20.0. The van der Waals surface area contributed by atoms with Crippen molar-refractivity contribution in [3.8, 4) is 11.1 Å². The molecule has 0 spiro atoms. The first kappa shape index (κ1) is 23.4. The van der Waals surface area contributed by atoms with Crippen molar-refractivity contribution < 1.29 is 29.0 Å². The van der Waals surface area contributed by atoms with Crippen LogP contribution in [-0.2, 0) is 19.1 Å². The Labute approximate surface area is 204 Å². The summed E-state index contributed by atoms with van der Waals surface area (Å²) in [5.74, 6) is -1.25. The summed E-state index contributed by atoms with van der Waals surface area (Å²) in [6.45, 7) is 3.88. The smallest absolute Gasteiger partial charge is 0.408 e. The van der Waals surface area contributed by atoms with Crippen LogP contribution in [0.5, 0.6) is 0 Å². The van der Waals surface area contributed by atoms with Crippen molar-refractivity contribution in [1.29, 1.82) is 0 Å². The summed E-state index contributed by atoms with van der Waals surface area (Å²) in [5, 5.41) is 11.7. The number of hydrogen-bond donors (Lipinski definition) is 2. The number of hydrogen-bond acceptors (Lipinski definition) is 5. The van der Waals surface area contributed by atoms with Crippen LogP contribution in [0.2, 0.25) is 0 Å². The van der Waals surface area contributed by atoms with Gasteiger partial charge in [-0.2, -0.15) is 0 Å². The molecule has 2 aliphatic carbocycles. The minimum atomic E-state index is -1.07. The number of carbonyl (C=O) groups is 3. The molecule has 8 heteroatoms. The number of aliphatic carboxylic acids is 1. The zero-order valence-electron chi connectivity index (χ0n) is 20.0. The lowest BCUT2D eigenvalue weighted by Gasteiger charge is -2.50. The minimum absolute atomic E-state index is 0.0438. The van der Waals surface area contributed by atoms with Crippen molar-refractivity contribution in [2.24, 2.45) is 5.92 Å². The number of likely N-dealkylation sites (tertiary alicyclic amines) is 1. The molecule has 0 radical (unpaired) electrons. The summed E-state index contributed by atoms with van der Waals surface area (Å²) in [7, 11) is 0. The Hall–Kier alpha value is -3.39. The van der Waals surface area contributed by atoms with Crippen LogP contribution in [0.25, 0.3) is 11.1 Å². The summed E-state index contributed by atoms with van der Waals surface area (Å²) >= 11 is 0. The topological polar surface area (TPSA) is 105 Å². The van der Waals surface area contributed by atoms with Crippen molar-refractivity contribution in [2.45, 2.75) is 43.7 Å². The highest BCUT2D eigenvalue weighted by Gasteiger charge is 2.54. The third-order valence-corrected chi connectivity index (χ3v) is 7.43. The molecule has 2 fully saturated rings. The Morgan fingerprint density at radius 1 is 1.06 bits per heavy atom. The van der Waals surface area contributed by atoms with Crippen LogP contribution < -0.4 is 5.32 Å². The summed E-state index contributed by atoms with van der Waals surface area (Å²) in [6, 6.07) is 16.3. The largest absolute Gasteiger partial charge is 0.480 e. The Kier molecular flexibility index (Phi) is 5.79. The highest BCUT2D eigenvalue weighted by atomic mass is 16.5. The average molecular weight is 479 g/mol. The van der Waals surface area contributed by atoms with Crippen LogP contribution in [0, 0.1) is 5.92 Å². The van der Waals surface area contributed by atoms with Crippen molar-refractivity contribution in [1.82, 2.24) is 10.2 Å². The Morgan fingerprint density at radius 3 is 2.17 bits per heavy atom. The number of alkyl carbamates (subject to hydrolysis) is 1. The van der Waals surface area contributed by atoms with Gasteiger partial charge in [0.2, 0.25) is 5.91 Å². The van der Waals surface area contributed by atoms with E-state index in [1.54, 1.807) is 18.7 Å². The van der Waals surface area contributed by atoms with Crippen molar-refractivity contribution in [3.63, 3.8) is 0 Å². The molecular weight excluding hydrogens is 448 g/mol. The van der Waals surface area contributed by atoms with Gasteiger partial charge in [-0.1, -0.05) is 48.5 Å². The van der Waals surface area contributed by atoms with E-state index in [0.29, 0.717) is 0 Å².